The molecule has 0 unspecified atom stereocenters. The Hall–Kier alpha value is -2.59. The minimum Gasteiger partial charge on any atom is -0.459 e. The van der Waals surface area contributed by atoms with E-state index in [2.05, 4.69) is 0 Å². The van der Waals surface area contributed by atoms with E-state index in [0.29, 0.717) is 27.4 Å². The maximum Gasteiger partial charge on any atom is 0.266 e. The number of halogens is 1. The van der Waals surface area contributed by atoms with Crippen LogP contribution in [-0.4, -0.2) is 11.8 Å². The molecule has 0 aliphatic carbocycles. The average Bonchev–Trinajstić information content (AvgIpc) is 3.04. The number of anilines is 1. The molecule has 4 rings (SSSR count). The van der Waals surface area contributed by atoms with Crippen LogP contribution in [0, 0.1) is 6.92 Å². The second-order valence-corrected chi connectivity index (χ2v) is 6.21. The highest BCUT2D eigenvalue weighted by molar-refractivity contribution is 6.37. The molecule has 0 bridgehead atoms. The first-order valence-electron chi connectivity index (χ1n) is 7.72. The highest BCUT2D eigenvalue weighted by Crippen LogP contribution is 2.37. The zero-order valence-corrected chi connectivity index (χ0v) is 14.0. The number of nitrogens with zero attached hydrogens (tertiary/aromatic N) is 1. The fraction of sp³-hybridized carbons (Fsp3) is 0.158. The number of hydrogen-bond acceptors (Lipinski definition) is 3. The van der Waals surface area contributed by atoms with Gasteiger partial charge in [-0.2, -0.15) is 0 Å². The Labute approximate surface area is 143 Å². The summed E-state index contributed by atoms with van der Waals surface area (Å²) in [6.07, 6.45) is 0.749. The molecule has 0 saturated carbocycles. The zero-order valence-electron chi connectivity index (χ0n) is 13.2. The van der Waals surface area contributed by atoms with Gasteiger partial charge in [0, 0.05) is 11.8 Å². The van der Waals surface area contributed by atoms with Crippen LogP contribution in [-0.2, 0) is 6.42 Å². The molecule has 1 aliphatic heterocycles. The van der Waals surface area contributed by atoms with Gasteiger partial charge in [0.1, 0.15) is 5.76 Å². The molecular weight excluding hydrogens is 326 g/mol. The molecule has 24 heavy (non-hydrogen) atoms. The van der Waals surface area contributed by atoms with Gasteiger partial charge in [0.25, 0.3) is 11.8 Å². The molecule has 0 radical (unpaired) electrons. The zero-order chi connectivity index (χ0) is 17.0. The summed E-state index contributed by atoms with van der Waals surface area (Å²) < 4.78 is 5.79. The standard InChI is InChI=1S/C19H14ClNO3/c1-3-16-10(2)14-8-11(9-15(20)17(14)24-16)21-18(22)12-6-4-5-7-13(12)19(21)23/h4-9H,3H2,1-2H3. The predicted molar refractivity (Wildman–Crippen MR) is 92.9 cm³/mol. The second kappa shape index (κ2) is 5.21. The van der Waals surface area contributed by atoms with Gasteiger partial charge >= 0.3 is 0 Å². The molecule has 3 aromatic rings. The number of fused-ring (bicyclic) bond motifs is 2. The third-order valence-corrected chi connectivity index (χ3v) is 4.73. The van der Waals surface area contributed by atoms with Crippen molar-refractivity contribution in [1.82, 2.24) is 0 Å². The number of imide groups is 1. The van der Waals surface area contributed by atoms with Gasteiger partial charge < -0.3 is 4.42 Å². The Bertz CT molecular complexity index is 984. The molecule has 0 saturated heterocycles. The quantitative estimate of drug-likeness (QED) is 0.632. The lowest BCUT2D eigenvalue weighted by Gasteiger charge is -2.14. The molecule has 5 heteroatoms. The van der Waals surface area contributed by atoms with Crippen LogP contribution in [0.5, 0.6) is 0 Å². The van der Waals surface area contributed by atoms with Crippen molar-refractivity contribution >= 4 is 40.1 Å². The molecule has 120 valence electrons. The summed E-state index contributed by atoms with van der Waals surface area (Å²) in [5.74, 6) is 0.192. The lowest BCUT2D eigenvalue weighted by molar-refractivity contribution is 0.0926. The Kier molecular flexibility index (Phi) is 3.25. The lowest BCUT2D eigenvalue weighted by atomic mass is 10.1. The SMILES string of the molecule is CCc1oc2c(Cl)cc(N3C(=O)c4ccccc4C3=O)cc2c1C. The maximum absolute atomic E-state index is 12.6. The summed E-state index contributed by atoms with van der Waals surface area (Å²) in [6.45, 7) is 3.96. The van der Waals surface area contributed by atoms with Crippen LogP contribution < -0.4 is 4.90 Å². The molecule has 0 fully saturated rings. The van der Waals surface area contributed by atoms with Crippen molar-refractivity contribution in [2.24, 2.45) is 0 Å². The van der Waals surface area contributed by atoms with E-state index in [-0.39, 0.29) is 11.8 Å². The molecule has 2 amide bonds. The number of hydrogen-bond donors (Lipinski definition) is 0. The number of furan rings is 1. The van der Waals surface area contributed by atoms with E-state index in [1.54, 1.807) is 36.4 Å². The number of benzene rings is 2. The van der Waals surface area contributed by atoms with E-state index in [4.69, 9.17) is 16.0 Å². The first-order chi connectivity index (χ1) is 11.5. The number of aryl methyl sites for hydroxylation is 2. The summed E-state index contributed by atoms with van der Waals surface area (Å²) in [5, 5.41) is 1.22. The topological polar surface area (TPSA) is 50.5 Å². The monoisotopic (exact) mass is 339 g/mol. The van der Waals surface area contributed by atoms with Gasteiger partial charge in [0.2, 0.25) is 0 Å². The summed E-state index contributed by atoms with van der Waals surface area (Å²) >= 11 is 6.35. The molecule has 0 N–H and O–H groups in total. The van der Waals surface area contributed by atoms with Crippen LogP contribution in [0.1, 0.15) is 39.0 Å². The van der Waals surface area contributed by atoms with Crippen molar-refractivity contribution in [1.29, 1.82) is 0 Å². The minimum atomic E-state index is -0.331. The van der Waals surface area contributed by atoms with E-state index < -0.39 is 0 Å². The Morgan fingerprint density at radius 3 is 2.29 bits per heavy atom. The van der Waals surface area contributed by atoms with E-state index >= 15 is 0 Å². The van der Waals surface area contributed by atoms with Crippen molar-refractivity contribution in [3.63, 3.8) is 0 Å². The molecule has 0 atom stereocenters. The van der Waals surface area contributed by atoms with Crippen LogP contribution in [0.25, 0.3) is 11.0 Å². The molecule has 2 aromatic carbocycles. The Morgan fingerprint density at radius 2 is 1.71 bits per heavy atom. The molecule has 1 aliphatic rings. The van der Waals surface area contributed by atoms with Crippen LogP contribution in [0.2, 0.25) is 5.02 Å². The Morgan fingerprint density at radius 1 is 1.08 bits per heavy atom. The van der Waals surface area contributed by atoms with Gasteiger partial charge in [0.15, 0.2) is 5.58 Å². The predicted octanol–water partition coefficient (Wildman–Crippen LogP) is 4.76. The van der Waals surface area contributed by atoms with Crippen molar-refractivity contribution in [3.8, 4) is 0 Å². The smallest absolute Gasteiger partial charge is 0.266 e. The fourth-order valence-electron chi connectivity index (χ4n) is 3.20. The third-order valence-electron chi connectivity index (χ3n) is 4.45. The Balaban J connectivity index is 1.91. The molecule has 1 aromatic heterocycles. The van der Waals surface area contributed by atoms with Crippen molar-refractivity contribution in [2.45, 2.75) is 20.3 Å². The highest BCUT2D eigenvalue weighted by Gasteiger charge is 2.36. The van der Waals surface area contributed by atoms with Gasteiger partial charge in [0.05, 0.1) is 21.8 Å². The van der Waals surface area contributed by atoms with Gasteiger partial charge in [-0.05, 0) is 36.8 Å². The van der Waals surface area contributed by atoms with E-state index in [1.165, 1.54) is 4.90 Å². The van der Waals surface area contributed by atoms with Crippen LogP contribution in [0.4, 0.5) is 5.69 Å². The van der Waals surface area contributed by atoms with Gasteiger partial charge in [-0.1, -0.05) is 30.7 Å². The first kappa shape index (κ1) is 15.0. The van der Waals surface area contributed by atoms with E-state index in [1.807, 2.05) is 13.8 Å². The molecule has 4 nitrogen and oxygen atoms in total. The normalized spacial score (nSPS) is 13.9. The lowest BCUT2D eigenvalue weighted by Crippen LogP contribution is -2.29. The molecular formula is C19H14ClNO3. The summed E-state index contributed by atoms with van der Waals surface area (Å²) in [4.78, 5) is 26.5. The van der Waals surface area contributed by atoms with Gasteiger partial charge in [-0.3, -0.25) is 9.59 Å². The summed E-state index contributed by atoms with van der Waals surface area (Å²) in [6, 6.07) is 10.2. The molecule has 2 heterocycles. The molecule has 0 spiro atoms. The van der Waals surface area contributed by atoms with Crippen molar-refractivity contribution in [2.75, 3.05) is 4.90 Å². The van der Waals surface area contributed by atoms with Crippen LogP contribution in [0.15, 0.2) is 40.8 Å². The summed E-state index contributed by atoms with van der Waals surface area (Å²) in [5.41, 5.74) is 2.86. The average molecular weight is 340 g/mol. The number of amides is 2. The highest BCUT2D eigenvalue weighted by atomic mass is 35.5. The maximum atomic E-state index is 12.6. The number of carbonyl (C=O) groups excluding carboxylic acids is 2. The van der Waals surface area contributed by atoms with Crippen LogP contribution in [0.3, 0.4) is 0 Å². The van der Waals surface area contributed by atoms with Gasteiger partial charge in [-0.15, -0.1) is 0 Å². The number of carbonyl (C=O) groups is 2. The van der Waals surface area contributed by atoms with Crippen molar-refractivity contribution in [3.05, 3.63) is 63.9 Å². The third kappa shape index (κ3) is 1.93. The first-order valence-corrected chi connectivity index (χ1v) is 8.10. The summed E-state index contributed by atoms with van der Waals surface area (Å²) in [7, 11) is 0. The van der Waals surface area contributed by atoms with Crippen LogP contribution >= 0.6 is 11.6 Å². The fourth-order valence-corrected chi connectivity index (χ4v) is 3.45. The van der Waals surface area contributed by atoms with E-state index in [9.17, 15) is 9.59 Å². The minimum absolute atomic E-state index is 0.331. The van der Waals surface area contributed by atoms with E-state index in [0.717, 1.165) is 23.1 Å². The largest absolute Gasteiger partial charge is 0.459 e. The number of rotatable bonds is 2. The van der Waals surface area contributed by atoms with Gasteiger partial charge in [-0.25, -0.2) is 4.90 Å². The second-order valence-electron chi connectivity index (χ2n) is 5.80. The van der Waals surface area contributed by atoms with Crippen molar-refractivity contribution < 1.29 is 14.0 Å².